The number of nitrogens with one attached hydrogen (secondary N) is 1. The first-order valence-corrected chi connectivity index (χ1v) is 5.79. The zero-order chi connectivity index (χ0) is 13.4. The molecule has 0 heterocycles. The van der Waals surface area contributed by atoms with Crippen LogP contribution >= 0.6 is 0 Å². The smallest absolute Gasteiger partial charge is 0.387 e. The van der Waals surface area contributed by atoms with Crippen molar-refractivity contribution in [1.82, 2.24) is 5.32 Å². The molecule has 98 valence electrons. The van der Waals surface area contributed by atoms with Crippen molar-refractivity contribution in [2.24, 2.45) is 0 Å². The predicted molar refractivity (Wildman–Crippen MR) is 67.6 cm³/mol. The molecule has 1 unspecified atom stereocenters. The molecule has 0 fully saturated rings. The molecule has 4 heteroatoms. The Morgan fingerprint density at radius 1 is 1.28 bits per heavy atom. The fraction of sp³-hybridized carbons (Fsp3) is 0.429. The molecule has 1 atom stereocenters. The van der Waals surface area contributed by atoms with E-state index in [2.05, 4.69) is 21.9 Å². The van der Waals surface area contributed by atoms with Crippen molar-refractivity contribution in [3.63, 3.8) is 0 Å². The number of alkyl halides is 2. The molecular formula is C14H17F2NO. The Morgan fingerprint density at radius 3 is 2.44 bits per heavy atom. The van der Waals surface area contributed by atoms with Crippen LogP contribution in [0.15, 0.2) is 24.3 Å². The third-order valence-corrected chi connectivity index (χ3v) is 2.59. The second kappa shape index (κ2) is 7.67. The van der Waals surface area contributed by atoms with E-state index in [1.165, 1.54) is 0 Å². The zero-order valence-electron chi connectivity index (χ0n) is 10.5. The van der Waals surface area contributed by atoms with Gasteiger partial charge < -0.3 is 10.1 Å². The minimum absolute atomic E-state index is 0.173. The molecule has 0 aromatic heterocycles. The van der Waals surface area contributed by atoms with Crippen molar-refractivity contribution >= 4 is 0 Å². The highest BCUT2D eigenvalue weighted by molar-refractivity contribution is 5.29. The van der Waals surface area contributed by atoms with Crippen LogP contribution in [-0.4, -0.2) is 13.7 Å². The SMILES string of the molecule is CC#CCCC(NC)c1ccc(OC(F)F)cc1. The Morgan fingerprint density at radius 2 is 1.94 bits per heavy atom. The van der Waals surface area contributed by atoms with Crippen LogP contribution in [0.3, 0.4) is 0 Å². The second-order valence-electron chi connectivity index (χ2n) is 3.75. The summed E-state index contributed by atoms with van der Waals surface area (Å²) in [6.07, 6.45) is 1.68. The number of rotatable bonds is 6. The summed E-state index contributed by atoms with van der Waals surface area (Å²) in [5.74, 6) is 6.03. The summed E-state index contributed by atoms with van der Waals surface area (Å²) in [6, 6.07) is 6.86. The Kier molecular flexibility index (Phi) is 6.16. The van der Waals surface area contributed by atoms with Gasteiger partial charge in [0, 0.05) is 12.5 Å². The largest absolute Gasteiger partial charge is 0.435 e. The van der Waals surface area contributed by atoms with Gasteiger partial charge >= 0.3 is 6.61 Å². The van der Waals surface area contributed by atoms with Gasteiger partial charge in [0.05, 0.1) is 0 Å². The van der Waals surface area contributed by atoms with Crippen molar-refractivity contribution in [2.45, 2.75) is 32.4 Å². The van der Waals surface area contributed by atoms with E-state index in [0.29, 0.717) is 0 Å². The third kappa shape index (κ3) is 4.72. The van der Waals surface area contributed by atoms with Gasteiger partial charge in [0.25, 0.3) is 0 Å². The van der Waals surface area contributed by atoms with E-state index in [9.17, 15) is 8.78 Å². The van der Waals surface area contributed by atoms with E-state index in [4.69, 9.17) is 0 Å². The standard InChI is InChI=1S/C14H17F2NO/c1-3-4-5-6-13(17-2)11-7-9-12(10-8-11)18-14(15)16/h7-10,13-14,17H,5-6H2,1-2H3. The fourth-order valence-electron chi connectivity index (χ4n) is 1.70. The van der Waals surface area contributed by atoms with Gasteiger partial charge in [0.2, 0.25) is 0 Å². The van der Waals surface area contributed by atoms with Crippen LogP contribution in [0.25, 0.3) is 0 Å². The number of ether oxygens (including phenoxy) is 1. The molecule has 0 radical (unpaired) electrons. The van der Waals surface area contributed by atoms with Crippen LogP contribution in [-0.2, 0) is 0 Å². The molecule has 0 aliphatic heterocycles. The normalized spacial score (nSPS) is 11.8. The van der Waals surface area contributed by atoms with Gasteiger partial charge in [-0.15, -0.1) is 11.8 Å². The minimum Gasteiger partial charge on any atom is -0.435 e. The van der Waals surface area contributed by atoms with Crippen molar-refractivity contribution < 1.29 is 13.5 Å². The van der Waals surface area contributed by atoms with E-state index < -0.39 is 6.61 Å². The maximum atomic E-state index is 12.0. The van der Waals surface area contributed by atoms with Gasteiger partial charge in [0.1, 0.15) is 5.75 Å². The van der Waals surface area contributed by atoms with Gasteiger partial charge in [-0.1, -0.05) is 12.1 Å². The summed E-state index contributed by atoms with van der Waals surface area (Å²) in [4.78, 5) is 0. The molecule has 1 N–H and O–H groups in total. The van der Waals surface area contributed by atoms with Crippen LogP contribution < -0.4 is 10.1 Å². The molecule has 0 bridgehead atoms. The number of hydrogen-bond donors (Lipinski definition) is 1. The lowest BCUT2D eigenvalue weighted by Gasteiger charge is -2.15. The van der Waals surface area contributed by atoms with Crippen LogP contribution in [0.5, 0.6) is 5.75 Å². The Labute approximate surface area is 106 Å². The molecule has 0 saturated carbocycles. The first kappa shape index (κ1) is 14.5. The van der Waals surface area contributed by atoms with Gasteiger partial charge in [-0.2, -0.15) is 8.78 Å². The van der Waals surface area contributed by atoms with Gasteiger partial charge in [0.15, 0.2) is 0 Å². The molecule has 1 aromatic rings. The molecule has 18 heavy (non-hydrogen) atoms. The number of halogens is 2. The first-order chi connectivity index (χ1) is 8.67. The highest BCUT2D eigenvalue weighted by Crippen LogP contribution is 2.22. The van der Waals surface area contributed by atoms with E-state index in [0.717, 1.165) is 18.4 Å². The summed E-state index contributed by atoms with van der Waals surface area (Å²) in [5.41, 5.74) is 1.04. The summed E-state index contributed by atoms with van der Waals surface area (Å²) in [5, 5.41) is 3.18. The van der Waals surface area contributed by atoms with E-state index >= 15 is 0 Å². The summed E-state index contributed by atoms with van der Waals surface area (Å²) < 4.78 is 28.3. The van der Waals surface area contributed by atoms with Crippen LogP contribution in [0.2, 0.25) is 0 Å². The molecule has 0 spiro atoms. The topological polar surface area (TPSA) is 21.3 Å². The van der Waals surface area contributed by atoms with Gasteiger partial charge in [-0.3, -0.25) is 0 Å². The summed E-state index contributed by atoms with van der Waals surface area (Å²) >= 11 is 0. The first-order valence-electron chi connectivity index (χ1n) is 5.79. The van der Waals surface area contributed by atoms with Crippen molar-refractivity contribution in [1.29, 1.82) is 0 Å². The van der Waals surface area contributed by atoms with Gasteiger partial charge in [-0.25, -0.2) is 0 Å². The van der Waals surface area contributed by atoms with Crippen molar-refractivity contribution in [3.8, 4) is 17.6 Å². The highest BCUT2D eigenvalue weighted by Gasteiger charge is 2.09. The van der Waals surface area contributed by atoms with Crippen LogP contribution in [0.1, 0.15) is 31.4 Å². The molecule has 1 aromatic carbocycles. The lowest BCUT2D eigenvalue weighted by molar-refractivity contribution is -0.0498. The van der Waals surface area contributed by atoms with E-state index in [1.54, 1.807) is 24.3 Å². The third-order valence-electron chi connectivity index (χ3n) is 2.59. The molecule has 0 saturated heterocycles. The maximum absolute atomic E-state index is 12.0. The van der Waals surface area contributed by atoms with Crippen molar-refractivity contribution in [2.75, 3.05) is 7.05 Å². The van der Waals surface area contributed by atoms with E-state index in [1.807, 2.05) is 14.0 Å². The van der Waals surface area contributed by atoms with Crippen LogP contribution in [0.4, 0.5) is 8.78 Å². The maximum Gasteiger partial charge on any atom is 0.387 e. The van der Waals surface area contributed by atoms with E-state index in [-0.39, 0.29) is 11.8 Å². The zero-order valence-corrected chi connectivity index (χ0v) is 10.5. The second-order valence-corrected chi connectivity index (χ2v) is 3.75. The quantitative estimate of drug-likeness (QED) is 0.785. The average molecular weight is 253 g/mol. The molecule has 2 nitrogen and oxygen atoms in total. The van der Waals surface area contributed by atoms with Crippen LogP contribution in [0, 0.1) is 11.8 Å². The Hall–Kier alpha value is -1.60. The fourth-order valence-corrected chi connectivity index (χ4v) is 1.70. The molecule has 0 aliphatic rings. The molecule has 1 rings (SSSR count). The minimum atomic E-state index is -2.78. The summed E-state index contributed by atoms with van der Waals surface area (Å²) in [6.45, 7) is -0.971. The lowest BCUT2D eigenvalue weighted by atomic mass is 10.0. The number of hydrogen-bond acceptors (Lipinski definition) is 2. The average Bonchev–Trinajstić information content (AvgIpc) is 2.35. The Bertz CT molecular complexity index is 406. The van der Waals surface area contributed by atoms with Crippen molar-refractivity contribution in [3.05, 3.63) is 29.8 Å². The lowest BCUT2D eigenvalue weighted by Crippen LogP contribution is -2.16. The highest BCUT2D eigenvalue weighted by atomic mass is 19.3. The molecular weight excluding hydrogens is 236 g/mol. The molecule has 0 aliphatic carbocycles. The Balaban J connectivity index is 2.65. The predicted octanol–water partition coefficient (Wildman–Crippen LogP) is 3.35. The molecule has 0 amide bonds. The summed E-state index contributed by atoms with van der Waals surface area (Å²) in [7, 11) is 1.87. The number of benzene rings is 1. The monoisotopic (exact) mass is 253 g/mol. The van der Waals surface area contributed by atoms with Gasteiger partial charge in [-0.05, 0) is 38.1 Å².